The number of rotatable bonds is 8. The molecule has 156 valence electrons. The van der Waals surface area contributed by atoms with Crippen LogP contribution < -0.4 is 5.32 Å². The third-order valence-corrected chi connectivity index (χ3v) is 6.16. The molecule has 2 aromatic rings. The molecule has 7 heteroatoms. The number of nitrogens with zero attached hydrogens (tertiary/aromatic N) is 2. The first-order valence-corrected chi connectivity index (χ1v) is 11.0. The van der Waals surface area contributed by atoms with Crippen molar-refractivity contribution in [1.29, 1.82) is 0 Å². The van der Waals surface area contributed by atoms with E-state index < -0.39 is 0 Å². The van der Waals surface area contributed by atoms with Crippen LogP contribution in [0, 0.1) is 0 Å². The number of carbonyl (C=O) groups excluding carboxylic acids is 2. The maximum atomic E-state index is 12.6. The zero-order chi connectivity index (χ0) is 20.6. The Morgan fingerprint density at radius 2 is 1.76 bits per heavy atom. The molecule has 1 amide bonds. The number of piperazine rings is 1. The molecule has 6 nitrogen and oxygen atoms in total. The van der Waals surface area contributed by atoms with E-state index in [0.717, 1.165) is 44.0 Å². The smallest absolute Gasteiger partial charge is 0.341 e. The molecule has 0 saturated carbocycles. The third kappa shape index (κ3) is 6.13. The highest BCUT2D eigenvalue weighted by Crippen LogP contribution is 2.29. The van der Waals surface area contributed by atoms with Gasteiger partial charge in [-0.3, -0.25) is 14.6 Å². The number of anilines is 1. The van der Waals surface area contributed by atoms with E-state index in [1.807, 2.05) is 19.1 Å². The second-order valence-corrected chi connectivity index (χ2v) is 8.25. The fourth-order valence-corrected chi connectivity index (χ4v) is 4.39. The van der Waals surface area contributed by atoms with Crippen molar-refractivity contribution in [3.05, 3.63) is 52.4 Å². The van der Waals surface area contributed by atoms with E-state index in [2.05, 4.69) is 39.4 Å². The molecule has 0 unspecified atom stereocenters. The normalized spacial score (nSPS) is 15.2. The number of nitrogens with one attached hydrogen (secondary N) is 1. The van der Waals surface area contributed by atoms with Gasteiger partial charge in [0.1, 0.15) is 5.00 Å². The Hall–Kier alpha value is -2.22. The molecule has 2 heterocycles. The van der Waals surface area contributed by atoms with E-state index in [9.17, 15) is 9.59 Å². The predicted octanol–water partition coefficient (Wildman–Crippen LogP) is 3.24. The molecular formula is C22H29N3O3S. The van der Waals surface area contributed by atoms with Crippen molar-refractivity contribution in [1.82, 2.24) is 9.80 Å². The fraction of sp³-hybridized carbons (Fsp3) is 0.455. The van der Waals surface area contributed by atoms with Gasteiger partial charge in [-0.05, 0) is 25.0 Å². The van der Waals surface area contributed by atoms with Gasteiger partial charge >= 0.3 is 5.97 Å². The number of esters is 1. The topological polar surface area (TPSA) is 61.9 Å². The van der Waals surface area contributed by atoms with Crippen LogP contribution in [0.4, 0.5) is 5.00 Å². The number of carbonyl (C=O) groups is 2. The Kier molecular flexibility index (Phi) is 7.80. The van der Waals surface area contributed by atoms with Crippen LogP contribution in [-0.2, 0) is 22.5 Å². The summed E-state index contributed by atoms with van der Waals surface area (Å²) in [4.78, 5) is 30.4. The summed E-state index contributed by atoms with van der Waals surface area (Å²) in [6, 6.07) is 12.3. The van der Waals surface area contributed by atoms with Crippen molar-refractivity contribution in [2.45, 2.75) is 26.8 Å². The van der Waals surface area contributed by atoms with E-state index in [1.54, 1.807) is 6.92 Å². The SMILES string of the molecule is CCOC(=O)c1cc(CC)sc1NC(=O)CN1CCN(Cc2ccccc2)CC1. The van der Waals surface area contributed by atoms with Crippen molar-refractivity contribution in [3.63, 3.8) is 0 Å². The van der Waals surface area contributed by atoms with Crippen LogP contribution in [0.1, 0.15) is 34.6 Å². The summed E-state index contributed by atoms with van der Waals surface area (Å²) in [5, 5.41) is 3.52. The first-order chi connectivity index (χ1) is 14.1. The summed E-state index contributed by atoms with van der Waals surface area (Å²) >= 11 is 1.45. The molecule has 0 spiro atoms. The van der Waals surface area contributed by atoms with Crippen LogP contribution in [0.3, 0.4) is 0 Å². The Morgan fingerprint density at radius 3 is 2.41 bits per heavy atom. The minimum absolute atomic E-state index is 0.0865. The molecule has 0 atom stereocenters. The van der Waals surface area contributed by atoms with Gasteiger partial charge in [-0.15, -0.1) is 11.3 Å². The van der Waals surface area contributed by atoms with E-state index in [0.29, 0.717) is 23.7 Å². The van der Waals surface area contributed by atoms with Crippen molar-refractivity contribution >= 4 is 28.2 Å². The lowest BCUT2D eigenvalue weighted by Gasteiger charge is -2.34. The number of thiophene rings is 1. The van der Waals surface area contributed by atoms with Gasteiger partial charge in [0.15, 0.2) is 0 Å². The molecule has 1 N–H and O–H groups in total. The van der Waals surface area contributed by atoms with Gasteiger partial charge in [-0.25, -0.2) is 4.79 Å². The summed E-state index contributed by atoms with van der Waals surface area (Å²) in [5.41, 5.74) is 1.77. The van der Waals surface area contributed by atoms with Crippen LogP contribution >= 0.6 is 11.3 Å². The summed E-state index contributed by atoms with van der Waals surface area (Å²) < 4.78 is 5.12. The highest BCUT2D eigenvalue weighted by Gasteiger charge is 2.22. The van der Waals surface area contributed by atoms with Gasteiger partial charge in [0.25, 0.3) is 0 Å². The van der Waals surface area contributed by atoms with Gasteiger partial charge in [0.2, 0.25) is 5.91 Å². The van der Waals surface area contributed by atoms with Crippen LogP contribution in [-0.4, -0.2) is 61.0 Å². The maximum absolute atomic E-state index is 12.6. The number of hydrogen-bond acceptors (Lipinski definition) is 6. The third-order valence-electron chi connectivity index (χ3n) is 4.96. The number of hydrogen-bond donors (Lipinski definition) is 1. The monoisotopic (exact) mass is 415 g/mol. The summed E-state index contributed by atoms with van der Waals surface area (Å²) in [6.07, 6.45) is 0.816. The van der Waals surface area contributed by atoms with Gasteiger partial charge in [-0.1, -0.05) is 37.3 Å². The lowest BCUT2D eigenvalue weighted by Crippen LogP contribution is -2.48. The molecule has 0 radical (unpaired) electrons. The average Bonchev–Trinajstić information content (AvgIpc) is 3.13. The molecule has 0 bridgehead atoms. The van der Waals surface area contributed by atoms with Crippen LogP contribution in [0.15, 0.2) is 36.4 Å². The van der Waals surface area contributed by atoms with E-state index in [4.69, 9.17) is 4.74 Å². The average molecular weight is 416 g/mol. The van der Waals surface area contributed by atoms with Gasteiger partial charge in [0, 0.05) is 37.6 Å². The number of benzene rings is 1. The van der Waals surface area contributed by atoms with Crippen molar-refractivity contribution < 1.29 is 14.3 Å². The maximum Gasteiger partial charge on any atom is 0.341 e. The largest absolute Gasteiger partial charge is 0.462 e. The quantitative estimate of drug-likeness (QED) is 0.671. The minimum atomic E-state index is -0.381. The van der Waals surface area contributed by atoms with Crippen LogP contribution in [0.2, 0.25) is 0 Å². The molecule has 0 aliphatic carbocycles. The Bertz CT molecular complexity index is 814. The molecule has 29 heavy (non-hydrogen) atoms. The second kappa shape index (κ2) is 10.5. The zero-order valence-electron chi connectivity index (χ0n) is 17.1. The lowest BCUT2D eigenvalue weighted by molar-refractivity contribution is -0.117. The minimum Gasteiger partial charge on any atom is -0.462 e. The first-order valence-electron chi connectivity index (χ1n) is 10.2. The Balaban J connectivity index is 1.50. The number of aryl methyl sites for hydroxylation is 1. The molecule has 1 aromatic heterocycles. The zero-order valence-corrected chi connectivity index (χ0v) is 18.0. The van der Waals surface area contributed by atoms with E-state index >= 15 is 0 Å². The Morgan fingerprint density at radius 1 is 1.07 bits per heavy atom. The summed E-state index contributed by atoms with van der Waals surface area (Å²) in [5.74, 6) is -0.468. The molecular weight excluding hydrogens is 386 g/mol. The van der Waals surface area contributed by atoms with Gasteiger partial charge < -0.3 is 10.1 Å². The summed E-state index contributed by atoms with van der Waals surface area (Å²) in [7, 11) is 0. The predicted molar refractivity (Wildman–Crippen MR) is 116 cm³/mol. The second-order valence-electron chi connectivity index (χ2n) is 7.12. The molecule has 1 aromatic carbocycles. The molecule has 1 aliphatic heterocycles. The highest BCUT2D eigenvalue weighted by atomic mass is 32.1. The molecule has 3 rings (SSSR count). The van der Waals surface area contributed by atoms with Gasteiger partial charge in [-0.2, -0.15) is 0 Å². The number of amides is 1. The molecule has 1 saturated heterocycles. The van der Waals surface area contributed by atoms with Crippen molar-refractivity contribution in [2.24, 2.45) is 0 Å². The van der Waals surface area contributed by atoms with Crippen LogP contribution in [0.5, 0.6) is 0 Å². The first kappa shape index (κ1) is 21.5. The lowest BCUT2D eigenvalue weighted by atomic mass is 10.2. The van der Waals surface area contributed by atoms with Crippen molar-refractivity contribution in [3.8, 4) is 0 Å². The van der Waals surface area contributed by atoms with Crippen molar-refractivity contribution in [2.75, 3.05) is 44.6 Å². The van der Waals surface area contributed by atoms with E-state index in [1.165, 1.54) is 16.9 Å². The number of ether oxygens (including phenoxy) is 1. The standard InChI is InChI=1S/C22H29N3O3S/c1-3-18-14-19(22(27)28-4-2)21(29-18)23-20(26)16-25-12-10-24(11-13-25)15-17-8-6-5-7-9-17/h5-9,14H,3-4,10-13,15-16H2,1-2H3,(H,23,26). The van der Waals surface area contributed by atoms with Gasteiger partial charge in [0.05, 0.1) is 18.7 Å². The molecule has 1 aliphatic rings. The Labute approximate surface area is 176 Å². The molecule has 1 fully saturated rings. The van der Waals surface area contributed by atoms with Crippen LogP contribution in [0.25, 0.3) is 0 Å². The highest BCUT2D eigenvalue weighted by molar-refractivity contribution is 7.16. The van der Waals surface area contributed by atoms with E-state index in [-0.39, 0.29) is 11.9 Å². The fourth-order valence-electron chi connectivity index (χ4n) is 3.39. The summed E-state index contributed by atoms with van der Waals surface area (Å²) in [6.45, 7) is 8.99.